The van der Waals surface area contributed by atoms with Crippen LogP contribution in [-0.2, 0) is 23.7 Å². The Morgan fingerprint density at radius 3 is 3.00 bits per heavy atom. The molecule has 0 aliphatic carbocycles. The lowest BCUT2D eigenvalue weighted by atomic mass is 10.0. The first kappa shape index (κ1) is 12.5. The van der Waals surface area contributed by atoms with Gasteiger partial charge in [-0.1, -0.05) is 6.08 Å². The first-order valence-electron chi connectivity index (χ1n) is 5.75. The van der Waals surface area contributed by atoms with Crippen molar-refractivity contribution < 1.29 is 23.7 Å². The Kier molecular flexibility index (Phi) is 3.81. The lowest BCUT2D eigenvalue weighted by Crippen LogP contribution is -2.49. The maximum atomic E-state index is 10.9. The highest BCUT2D eigenvalue weighted by Gasteiger charge is 2.41. The van der Waals surface area contributed by atoms with E-state index < -0.39 is 0 Å². The van der Waals surface area contributed by atoms with E-state index in [1.54, 1.807) is 6.08 Å². The Labute approximate surface area is 101 Å². The summed E-state index contributed by atoms with van der Waals surface area (Å²) in [7, 11) is 1.36. The van der Waals surface area contributed by atoms with E-state index in [-0.39, 0.29) is 23.8 Å². The van der Waals surface area contributed by atoms with Crippen molar-refractivity contribution in [2.45, 2.75) is 31.2 Å². The van der Waals surface area contributed by atoms with Gasteiger partial charge in [0.1, 0.15) is 12.2 Å². The van der Waals surface area contributed by atoms with Crippen molar-refractivity contribution in [1.29, 1.82) is 0 Å². The van der Waals surface area contributed by atoms with Gasteiger partial charge in [0, 0.05) is 6.08 Å². The molecule has 2 rings (SSSR count). The second-order valence-corrected chi connectivity index (χ2v) is 4.62. The van der Waals surface area contributed by atoms with Gasteiger partial charge in [-0.3, -0.25) is 0 Å². The van der Waals surface area contributed by atoms with Gasteiger partial charge in [-0.15, -0.1) is 0 Å². The van der Waals surface area contributed by atoms with Crippen molar-refractivity contribution in [2.24, 2.45) is 0 Å². The van der Waals surface area contributed by atoms with Crippen LogP contribution in [0.2, 0.25) is 0 Å². The summed E-state index contributed by atoms with van der Waals surface area (Å²) >= 11 is 0. The van der Waals surface area contributed by atoms with E-state index in [9.17, 15) is 4.79 Å². The molecule has 0 aromatic heterocycles. The molecule has 0 spiro atoms. The Morgan fingerprint density at radius 1 is 1.47 bits per heavy atom. The fraction of sp³-hybridized carbons (Fsp3) is 0.750. The minimum atomic E-state index is -0.389. The average Bonchev–Trinajstić information content (AvgIpc) is 2.75. The normalized spacial score (nSPS) is 37.1. The first-order chi connectivity index (χ1) is 8.13. The molecule has 0 amide bonds. The van der Waals surface area contributed by atoms with Crippen LogP contribution in [0.3, 0.4) is 0 Å². The molecule has 0 saturated carbocycles. The predicted molar refractivity (Wildman–Crippen MR) is 59.6 cm³/mol. The molecule has 5 nitrogen and oxygen atoms in total. The molecule has 17 heavy (non-hydrogen) atoms. The van der Waals surface area contributed by atoms with Crippen molar-refractivity contribution in [2.75, 3.05) is 26.9 Å². The minimum Gasteiger partial charge on any atom is -0.466 e. The summed E-state index contributed by atoms with van der Waals surface area (Å²) in [6, 6.07) is 0. The molecule has 2 aliphatic rings. The molecule has 0 radical (unpaired) electrons. The lowest BCUT2D eigenvalue weighted by molar-refractivity contribution is -0.207. The third-order valence-corrected chi connectivity index (χ3v) is 3.02. The quantitative estimate of drug-likeness (QED) is 0.538. The highest BCUT2D eigenvalue weighted by molar-refractivity contribution is 5.81. The van der Waals surface area contributed by atoms with Crippen molar-refractivity contribution in [3.05, 3.63) is 12.2 Å². The fourth-order valence-corrected chi connectivity index (χ4v) is 2.04. The molecule has 2 heterocycles. The van der Waals surface area contributed by atoms with Crippen LogP contribution in [0.1, 0.15) is 13.3 Å². The van der Waals surface area contributed by atoms with E-state index in [1.165, 1.54) is 13.2 Å². The second-order valence-electron chi connectivity index (χ2n) is 4.62. The van der Waals surface area contributed by atoms with Crippen molar-refractivity contribution >= 4 is 5.97 Å². The average molecular weight is 242 g/mol. The summed E-state index contributed by atoms with van der Waals surface area (Å²) < 4.78 is 21.5. The van der Waals surface area contributed by atoms with Crippen LogP contribution >= 0.6 is 0 Å². The van der Waals surface area contributed by atoms with Gasteiger partial charge in [0.25, 0.3) is 0 Å². The monoisotopic (exact) mass is 242 g/mol. The number of hydrogen-bond donors (Lipinski definition) is 0. The van der Waals surface area contributed by atoms with Gasteiger partial charge in [-0.25, -0.2) is 4.79 Å². The van der Waals surface area contributed by atoms with Crippen molar-refractivity contribution in [3.8, 4) is 0 Å². The van der Waals surface area contributed by atoms with Gasteiger partial charge in [-0.05, 0) is 13.3 Å². The van der Waals surface area contributed by atoms with Gasteiger partial charge in [-0.2, -0.15) is 0 Å². The second kappa shape index (κ2) is 5.16. The smallest absolute Gasteiger partial charge is 0.330 e. The molecule has 0 bridgehead atoms. The van der Waals surface area contributed by atoms with E-state index in [0.717, 1.165) is 0 Å². The minimum absolute atomic E-state index is 0.0141. The molecule has 0 aromatic carbocycles. The molecular weight excluding hydrogens is 224 g/mol. The number of carbonyl (C=O) groups excluding carboxylic acids is 1. The van der Waals surface area contributed by atoms with E-state index in [1.807, 2.05) is 6.92 Å². The van der Waals surface area contributed by atoms with Crippen LogP contribution in [0.4, 0.5) is 0 Å². The Hall–Kier alpha value is -0.910. The Balaban J connectivity index is 1.87. The number of hydrogen-bond acceptors (Lipinski definition) is 5. The van der Waals surface area contributed by atoms with Crippen LogP contribution < -0.4 is 0 Å². The van der Waals surface area contributed by atoms with Crippen molar-refractivity contribution in [1.82, 2.24) is 0 Å². The third kappa shape index (κ3) is 3.06. The van der Waals surface area contributed by atoms with E-state index in [0.29, 0.717) is 26.2 Å². The molecular formula is C12H18O5. The molecule has 5 heteroatoms. The van der Waals surface area contributed by atoms with Gasteiger partial charge in [0.05, 0.1) is 32.5 Å². The Bertz CT molecular complexity index is 314. The molecule has 2 aliphatic heterocycles. The number of esters is 1. The molecule has 2 fully saturated rings. The van der Waals surface area contributed by atoms with E-state index in [2.05, 4.69) is 4.74 Å². The van der Waals surface area contributed by atoms with Crippen LogP contribution in [0, 0.1) is 0 Å². The van der Waals surface area contributed by atoms with Crippen molar-refractivity contribution in [3.63, 3.8) is 0 Å². The Morgan fingerprint density at radius 2 is 2.24 bits per heavy atom. The molecule has 96 valence electrons. The molecule has 0 N–H and O–H groups in total. The first-order valence-corrected chi connectivity index (χ1v) is 5.75. The predicted octanol–water partition coefficient (Wildman–Crippen LogP) is 0.679. The largest absolute Gasteiger partial charge is 0.466 e. The highest BCUT2D eigenvalue weighted by atomic mass is 16.6. The SMILES string of the molecule is COC(=O)/C=C/C[C@]1(C)CO[C@@H]2COC[C@H]2O1. The molecule has 3 atom stereocenters. The van der Waals surface area contributed by atoms with Crippen LogP contribution in [0.25, 0.3) is 0 Å². The number of ether oxygens (including phenoxy) is 4. The van der Waals surface area contributed by atoms with Gasteiger partial charge in [0.15, 0.2) is 0 Å². The third-order valence-electron chi connectivity index (χ3n) is 3.02. The zero-order valence-electron chi connectivity index (χ0n) is 10.2. The zero-order valence-corrected chi connectivity index (χ0v) is 10.2. The maximum absolute atomic E-state index is 10.9. The topological polar surface area (TPSA) is 54.0 Å². The summed E-state index contributed by atoms with van der Waals surface area (Å²) in [6.07, 6.45) is 3.86. The summed E-state index contributed by atoms with van der Waals surface area (Å²) in [5, 5.41) is 0. The number of rotatable bonds is 3. The zero-order chi connectivity index (χ0) is 12.3. The fourth-order valence-electron chi connectivity index (χ4n) is 2.04. The van der Waals surface area contributed by atoms with E-state index in [4.69, 9.17) is 14.2 Å². The van der Waals surface area contributed by atoms with Crippen LogP contribution in [-0.4, -0.2) is 50.7 Å². The molecule has 0 unspecified atom stereocenters. The summed E-state index contributed by atoms with van der Waals surface area (Å²) in [4.78, 5) is 10.9. The van der Waals surface area contributed by atoms with E-state index >= 15 is 0 Å². The van der Waals surface area contributed by atoms with Gasteiger partial charge >= 0.3 is 5.97 Å². The molecule has 0 aromatic rings. The van der Waals surface area contributed by atoms with Crippen LogP contribution in [0.15, 0.2) is 12.2 Å². The number of methoxy groups -OCH3 is 1. The summed E-state index contributed by atoms with van der Waals surface area (Å²) in [6.45, 7) is 3.69. The standard InChI is InChI=1S/C12H18O5/c1-12(5-3-4-11(13)14-2)8-16-9-6-15-7-10(9)17-12/h3-4,9-10H,5-8H2,1-2H3/b4-3+/t9-,10-,12-/m1/s1. The van der Waals surface area contributed by atoms with Crippen LogP contribution in [0.5, 0.6) is 0 Å². The lowest BCUT2D eigenvalue weighted by Gasteiger charge is -2.39. The van der Waals surface area contributed by atoms with Gasteiger partial charge in [0.2, 0.25) is 0 Å². The van der Waals surface area contributed by atoms with Gasteiger partial charge < -0.3 is 18.9 Å². The number of fused-ring (bicyclic) bond motifs is 1. The maximum Gasteiger partial charge on any atom is 0.330 e. The summed E-state index contributed by atoms with van der Waals surface area (Å²) in [5.41, 5.74) is -0.389. The highest BCUT2D eigenvalue weighted by Crippen LogP contribution is 2.29. The molecule has 2 saturated heterocycles. The number of carbonyl (C=O) groups is 1. The summed E-state index contributed by atoms with van der Waals surface area (Å²) in [5.74, 6) is -0.354.